The Morgan fingerprint density at radius 2 is 1.85 bits per heavy atom. The zero-order chi connectivity index (χ0) is 23.5. The summed E-state index contributed by atoms with van der Waals surface area (Å²) >= 11 is 0. The van der Waals surface area contributed by atoms with Crippen LogP contribution in [0.3, 0.4) is 0 Å². The highest BCUT2D eigenvalue weighted by Gasteiger charge is 2.42. The number of aryl methyl sites for hydroxylation is 2. The third-order valence-corrected chi connectivity index (χ3v) is 6.24. The van der Waals surface area contributed by atoms with Gasteiger partial charge in [0.15, 0.2) is 0 Å². The highest BCUT2D eigenvalue weighted by Crippen LogP contribution is 2.41. The molecule has 0 spiro atoms. The predicted octanol–water partition coefficient (Wildman–Crippen LogP) is 3.88. The third kappa shape index (κ3) is 4.77. The second kappa shape index (κ2) is 9.48. The van der Waals surface area contributed by atoms with E-state index in [1.54, 1.807) is 27.8 Å². The number of aromatic nitrogens is 2. The zero-order valence-corrected chi connectivity index (χ0v) is 19.6. The molecule has 7 heteroatoms. The van der Waals surface area contributed by atoms with Gasteiger partial charge in [0, 0.05) is 44.5 Å². The first-order chi connectivity index (χ1) is 15.9. The zero-order valence-electron chi connectivity index (χ0n) is 19.6. The minimum absolute atomic E-state index is 0.0179. The number of amides is 2. The van der Waals surface area contributed by atoms with Crippen molar-refractivity contribution in [2.24, 2.45) is 13.0 Å². The monoisotopic (exact) mass is 446 g/mol. The Balaban J connectivity index is 1.70. The van der Waals surface area contributed by atoms with Crippen molar-refractivity contribution in [3.63, 3.8) is 0 Å². The van der Waals surface area contributed by atoms with Gasteiger partial charge < -0.3 is 14.5 Å². The van der Waals surface area contributed by atoms with Gasteiger partial charge in [0.1, 0.15) is 5.75 Å². The van der Waals surface area contributed by atoms with Crippen molar-refractivity contribution in [2.45, 2.75) is 32.4 Å². The molecule has 2 unspecified atom stereocenters. The summed E-state index contributed by atoms with van der Waals surface area (Å²) in [5.74, 6) is 0.418. The van der Waals surface area contributed by atoms with Gasteiger partial charge in [-0.15, -0.1) is 0 Å². The van der Waals surface area contributed by atoms with E-state index in [2.05, 4.69) is 5.10 Å². The Hall–Kier alpha value is -3.61. The SMILES string of the molecule is COc1ccc(C2C(C(=O)N(C)Cc3cnn(C)c3)CCC(=O)N2c2ccc(C)cc2)cc1. The summed E-state index contributed by atoms with van der Waals surface area (Å²) in [6, 6.07) is 15.2. The van der Waals surface area contributed by atoms with Gasteiger partial charge in [-0.05, 0) is 43.2 Å². The van der Waals surface area contributed by atoms with Gasteiger partial charge in [0.2, 0.25) is 11.8 Å². The molecule has 0 saturated carbocycles. The van der Waals surface area contributed by atoms with Crippen molar-refractivity contribution in [2.75, 3.05) is 19.1 Å². The number of ether oxygens (including phenoxy) is 1. The Labute approximate surface area is 194 Å². The molecule has 1 aromatic heterocycles. The number of nitrogens with zero attached hydrogens (tertiary/aromatic N) is 4. The first-order valence-corrected chi connectivity index (χ1v) is 11.1. The maximum absolute atomic E-state index is 13.7. The molecule has 2 aromatic carbocycles. The van der Waals surface area contributed by atoms with Crippen molar-refractivity contribution in [3.8, 4) is 5.75 Å². The number of hydrogen-bond acceptors (Lipinski definition) is 4. The average molecular weight is 447 g/mol. The van der Waals surface area contributed by atoms with Crippen LogP contribution in [0, 0.1) is 12.8 Å². The number of carbonyl (C=O) groups excluding carboxylic acids is 2. The van der Waals surface area contributed by atoms with Gasteiger partial charge >= 0.3 is 0 Å². The van der Waals surface area contributed by atoms with Crippen LogP contribution >= 0.6 is 0 Å². The fraction of sp³-hybridized carbons (Fsp3) is 0.346. The predicted molar refractivity (Wildman–Crippen MR) is 127 cm³/mol. The van der Waals surface area contributed by atoms with Gasteiger partial charge in [0.25, 0.3) is 0 Å². The molecule has 0 aliphatic carbocycles. The molecule has 4 rings (SSSR count). The summed E-state index contributed by atoms with van der Waals surface area (Å²) in [5, 5.41) is 4.20. The van der Waals surface area contributed by atoms with Crippen LogP contribution in [0.4, 0.5) is 5.69 Å². The number of carbonyl (C=O) groups is 2. The van der Waals surface area contributed by atoms with Crippen LogP contribution in [-0.4, -0.2) is 40.7 Å². The highest BCUT2D eigenvalue weighted by molar-refractivity contribution is 5.97. The van der Waals surface area contributed by atoms with Gasteiger partial charge in [-0.25, -0.2) is 0 Å². The maximum atomic E-state index is 13.7. The third-order valence-electron chi connectivity index (χ3n) is 6.24. The molecule has 172 valence electrons. The second-order valence-electron chi connectivity index (χ2n) is 8.68. The van der Waals surface area contributed by atoms with Crippen LogP contribution < -0.4 is 9.64 Å². The summed E-state index contributed by atoms with van der Waals surface area (Å²) in [6.07, 6.45) is 4.52. The van der Waals surface area contributed by atoms with E-state index in [0.717, 1.165) is 28.1 Å². The largest absolute Gasteiger partial charge is 0.497 e. The lowest BCUT2D eigenvalue weighted by Crippen LogP contribution is -2.48. The Kier molecular flexibility index (Phi) is 6.49. The minimum atomic E-state index is -0.399. The van der Waals surface area contributed by atoms with Gasteiger partial charge in [-0.3, -0.25) is 14.3 Å². The normalized spacial score (nSPS) is 18.3. The molecule has 1 fully saturated rings. The lowest BCUT2D eigenvalue weighted by atomic mass is 9.82. The smallest absolute Gasteiger partial charge is 0.228 e. The molecule has 1 aliphatic rings. The van der Waals surface area contributed by atoms with Crippen molar-refractivity contribution >= 4 is 17.5 Å². The van der Waals surface area contributed by atoms with Gasteiger partial charge in [0.05, 0.1) is 25.3 Å². The van der Waals surface area contributed by atoms with Crippen molar-refractivity contribution in [1.82, 2.24) is 14.7 Å². The topological polar surface area (TPSA) is 67.7 Å². The first-order valence-electron chi connectivity index (χ1n) is 11.1. The maximum Gasteiger partial charge on any atom is 0.228 e. The first kappa shape index (κ1) is 22.6. The Morgan fingerprint density at radius 1 is 1.15 bits per heavy atom. The molecular weight excluding hydrogens is 416 g/mol. The molecule has 2 heterocycles. The lowest BCUT2D eigenvalue weighted by Gasteiger charge is -2.42. The summed E-state index contributed by atoms with van der Waals surface area (Å²) in [5.41, 5.74) is 3.81. The highest BCUT2D eigenvalue weighted by atomic mass is 16.5. The molecule has 1 aliphatic heterocycles. The molecule has 0 radical (unpaired) electrons. The molecule has 0 N–H and O–H groups in total. The van der Waals surface area contributed by atoms with Crippen LogP contribution in [0.25, 0.3) is 0 Å². The van der Waals surface area contributed by atoms with E-state index in [0.29, 0.717) is 19.4 Å². The summed E-state index contributed by atoms with van der Waals surface area (Å²) in [7, 11) is 5.29. The minimum Gasteiger partial charge on any atom is -0.497 e. The summed E-state index contributed by atoms with van der Waals surface area (Å²) < 4.78 is 7.05. The van der Waals surface area contributed by atoms with Crippen LogP contribution in [0.15, 0.2) is 60.9 Å². The number of piperidine rings is 1. The molecule has 0 bridgehead atoms. The van der Waals surface area contributed by atoms with Crippen LogP contribution in [0.2, 0.25) is 0 Å². The molecule has 1 saturated heterocycles. The fourth-order valence-electron chi connectivity index (χ4n) is 4.53. The van der Waals surface area contributed by atoms with Gasteiger partial charge in [-0.1, -0.05) is 29.8 Å². The average Bonchev–Trinajstić information content (AvgIpc) is 3.23. The number of rotatable bonds is 6. The van der Waals surface area contributed by atoms with E-state index in [9.17, 15) is 9.59 Å². The van der Waals surface area contributed by atoms with Gasteiger partial charge in [-0.2, -0.15) is 5.10 Å². The van der Waals surface area contributed by atoms with Crippen LogP contribution in [0.5, 0.6) is 5.75 Å². The number of benzene rings is 2. The molecule has 33 heavy (non-hydrogen) atoms. The standard InChI is InChI=1S/C26H30N4O3/c1-18-5-9-21(10-6-18)30-24(31)14-13-23(25(30)20-7-11-22(33-4)12-8-20)26(32)28(2)16-19-15-27-29(3)17-19/h5-12,15,17,23,25H,13-14,16H2,1-4H3. The van der Waals surface area contributed by atoms with E-state index < -0.39 is 6.04 Å². The van der Waals surface area contributed by atoms with E-state index >= 15 is 0 Å². The fourth-order valence-corrected chi connectivity index (χ4v) is 4.53. The van der Waals surface area contributed by atoms with E-state index in [1.165, 1.54) is 0 Å². The number of methoxy groups -OCH3 is 1. The van der Waals surface area contributed by atoms with Crippen LogP contribution in [0.1, 0.15) is 35.6 Å². The summed E-state index contributed by atoms with van der Waals surface area (Å²) in [6.45, 7) is 2.49. The molecule has 3 aromatic rings. The van der Waals surface area contributed by atoms with Crippen molar-refractivity contribution < 1.29 is 14.3 Å². The van der Waals surface area contributed by atoms with E-state index in [-0.39, 0.29) is 17.7 Å². The lowest BCUT2D eigenvalue weighted by molar-refractivity contribution is -0.137. The van der Waals surface area contributed by atoms with Crippen molar-refractivity contribution in [1.29, 1.82) is 0 Å². The quantitative estimate of drug-likeness (QED) is 0.576. The van der Waals surface area contributed by atoms with Crippen molar-refractivity contribution in [3.05, 3.63) is 77.6 Å². The number of anilines is 1. The number of hydrogen-bond donors (Lipinski definition) is 0. The molecule has 2 atom stereocenters. The molecule has 2 amide bonds. The van der Waals surface area contributed by atoms with Crippen LogP contribution in [-0.2, 0) is 23.2 Å². The Morgan fingerprint density at radius 3 is 2.45 bits per heavy atom. The molecular formula is C26H30N4O3. The molecule has 7 nitrogen and oxygen atoms in total. The van der Waals surface area contributed by atoms with E-state index in [1.807, 2.05) is 75.7 Å². The second-order valence-corrected chi connectivity index (χ2v) is 8.68. The summed E-state index contributed by atoms with van der Waals surface area (Å²) in [4.78, 5) is 30.4. The Bertz CT molecular complexity index is 1120. The van der Waals surface area contributed by atoms with E-state index in [4.69, 9.17) is 4.74 Å².